The van der Waals surface area contributed by atoms with Crippen LogP contribution in [0.2, 0.25) is 10.0 Å². The van der Waals surface area contributed by atoms with E-state index in [4.69, 9.17) is 33.7 Å². The highest BCUT2D eigenvalue weighted by molar-refractivity contribution is 6.37. The molecule has 0 fully saturated rings. The Hall–Kier alpha value is -1.13. The van der Waals surface area contributed by atoms with Gasteiger partial charge in [0, 0.05) is 19.8 Å². The minimum Gasteiger partial charge on any atom is -0.490 e. The van der Waals surface area contributed by atoms with Gasteiger partial charge in [0.05, 0.1) is 23.1 Å². The van der Waals surface area contributed by atoms with E-state index in [0.29, 0.717) is 21.5 Å². The zero-order valence-electron chi connectivity index (χ0n) is 9.67. The molecule has 1 rings (SSSR count). The summed E-state index contributed by atoms with van der Waals surface area (Å²) in [6, 6.07) is 3.10. The van der Waals surface area contributed by atoms with Crippen LogP contribution in [0.1, 0.15) is 6.42 Å². The van der Waals surface area contributed by atoms with Crippen LogP contribution in [-0.2, 0) is 4.79 Å². The molecule has 0 spiro atoms. The van der Waals surface area contributed by atoms with Gasteiger partial charge in [-0.05, 0) is 12.1 Å². The zero-order valence-corrected chi connectivity index (χ0v) is 11.2. The lowest BCUT2D eigenvalue weighted by Crippen LogP contribution is -2.23. The van der Waals surface area contributed by atoms with E-state index in [-0.39, 0.29) is 18.9 Å². The van der Waals surface area contributed by atoms with Crippen molar-refractivity contribution in [1.82, 2.24) is 4.90 Å². The average Bonchev–Trinajstić information content (AvgIpc) is 2.21. The molecule has 1 amide bonds. The predicted octanol–water partition coefficient (Wildman–Crippen LogP) is 2.43. The van der Waals surface area contributed by atoms with Gasteiger partial charge in [-0.3, -0.25) is 4.79 Å². The molecule has 0 aliphatic heterocycles. The van der Waals surface area contributed by atoms with E-state index in [0.717, 1.165) is 0 Å². The summed E-state index contributed by atoms with van der Waals surface area (Å²) in [6.45, 7) is 0.223. The summed E-state index contributed by atoms with van der Waals surface area (Å²) in [5.74, 6) is 0.335. The van der Waals surface area contributed by atoms with Crippen LogP contribution in [0.3, 0.4) is 0 Å². The first-order valence-corrected chi connectivity index (χ1v) is 5.75. The van der Waals surface area contributed by atoms with Gasteiger partial charge in [-0.1, -0.05) is 23.2 Å². The number of nitrogen functional groups attached to an aromatic ring is 1. The second kappa shape index (κ2) is 5.98. The second-order valence-corrected chi connectivity index (χ2v) is 4.51. The van der Waals surface area contributed by atoms with Gasteiger partial charge in [0.2, 0.25) is 5.91 Å². The molecule has 0 bridgehead atoms. The lowest BCUT2D eigenvalue weighted by atomic mass is 10.3. The first-order chi connectivity index (χ1) is 7.91. The highest BCUT2D eigenvalue weighted by Crippen LogP contribution is 2.35. The first-order valence-electron chi connectivity index (χ1n) is 4.99. The number of halogens is 2. The standard InChI is InChI=1S/C11H14Cl2N2O2/c1-15(2)10(16)3-4-17-11-8(12)5-7(14)6-9(11)13/h5-6H,3-4,14H2,1-2H3. The van der Waals surface area contributed by atoms with Crippen molar-refractivity contribution in [3.8, 4) is 5.75 Å². The molecule has 0 aliphatic rings. The third kappa shape index (κ3) is 3.98. The molecule has 1 aromatic carbocycles. The van der Waals surface area contributed by atoms with Crippen molar-refractivity contribution in [3.05, 3.63) is 22.2 Å². The van der Waals surface area contributed by atoms with Gasteiger partial charge in [-0.25, -0.2) is 0 Å². The predicted molar refractivity (Wildman–Crippen MR) is 69.7 cm³/mol. The van der Waals surface area contributed by atoms with Crippen LogP contribution < -0.4 is 10.5 Å². The van der Waals surface area contributed by atoms with E-state index in [1.807, 2.05) is 0 Å². The quantitative estimate of drug-likeness (QED) is 0.860. The van der Waals surface area contributed by atoms with Gasteiger partial charge < -0.3 is 15.4 Å². The summed E-state index contributed by atoms with van der Waals surface area (Å²) >= 11 is 11.9. The molecule has 0 atom stereocenters. The fourth-order valence-corrected chi connectivity index (χ4v) is 1.79. The lowest BCUT2D eigenvalue weighted by molar-refractivity contribution is -0.129. The first kappa shape index (κ1) is 13.9. The number of carbonyl (C=O) groups is 1. The van der Waals surface area contributed by atoms with E-state index >= 15 is 0 Å². The van der Waals surface area contributed by atoms with Crippen LogP contribution in [0.4, 0.5) is 5.69 Å². The fraction of sp³-hybridized carbons (Fsp3) is 0.364. The van der Waals surface area contributed by atoms with Gasteiger partial charge in [-0.15, -0.1) is 0 Å². The second-order valence-electron chi connectivity index (χ2n) is 3.70. The van der Waals surface area contributed by atoms with Crippen molar-refractivity contribution in [3.63, 3.8) is 0 Å². The van der Waals surface area contributed by atoms with Crippen LogP contribution in [0.5, 0.6) is 5.75 Å². The molecule has 6 heteroatoms. The van der Waals surface area contributed by atoms with Crippen LogP contribution in [0.15, 0.2) is 12.1 Å². The normalized spacial score (nSPS) is 10.1. The summed E-state index contributed by atoms with van der Waals surface area (Å²) in [7, 11) is 3.37. The van der Waals surface area contributed by atoms with Crippen molar-refractivity contribution in [2.75, 3.05) is 26.4 Å². The SMILES string of the molecule is CN(C)C(=O)CCOc1c(Cl)cc(N)cc1Cl. The highest BCUT2D eigenvalue weighted by Gasteiger charge is 2.10. The summed E-state index contributed by atoms with van der Waals surface area (Å²) in [5.41, 5.74) is 6.03. The number of benzene rings is 1. The van der Waals surface area contributed by atoms with Crippen molar-refractivity contribution in [2.24, 2.45) is 0 Å². The van der Waals surface area contributed by atoms with Crippen molar-refractivity contribution >= 4 is 34.8 Å². The maximum atomic E-state index is 11.3. The number of rotatable bonds is 4. The van der Waals surface area contributed by atoms with Gasteiger partial charge in [0.1, 0.15) is 0 Å². The maximum Gasteiger partial charge on any atom is 0.225 e. The molecular weight excluding hydrogens is 263 g/mol. The van der Waals surface area contributed by atoms with Crippen molar-refractivity contribution < 1.29 is 9.53 Å². The van der Waals surface area contributed by atoms with Gasteiger partial charge in [0.25, 0.3) is 0 Å². The molecular formula is C11H14Cl2N2O2. The molecule has 94 valence electrons. The molecule has 2 N–H and O–H groups in total. The number of carbonyl (C=O) groups excluding carboxylic acids is 1. The minimum absolute atomic E-state index is 0.0207. The lowest BCUT2D eigenvalue weighted by Gasteiger charge is -2.12. The third-order valence-corrected chi connectivity index (χ3v) is 2.64. The van der Waals surface area contributed by atoms with Gasteiger partial charge >= 0.3 is 0 Å². The van der Waals surface area contributed by atoms with E-state index in [9.17, 15) is 4.79 Å². The molecule has 0 unspecified atom stereocenters. The molecule has 0 aliphatic carbocycles. The van der Waals surface area contributed by atoms with Crippen molar-refractivity contribution in [1.29, 1.82) is 0 Å². The number of nitrogens with zero attached hydrogens (tertiary/aromatic N) is 1. The molecule has 17 heavy (non-hydrogen) atoms. The van der Waals surface area contributed by atoms with E-state index < -0.39 is 0 Å². The van der Waals surface area contributed by atoms with Crippen LogP contribution in [-0.4, -0.2) is 31.5 Å². The Bertz CT molecular complexity index is 399. The molecule has 0 saturated carbocycles. The molecule has 0 aromatic heterocycles. The third-order valence-electron chi connectivity index (χ3n) is 2.08. The number of ether oxygens (including phenoxy) is 1. The maximum absolute atomic E-state index is 11.3. The monoisotopic (exact) mass is 276 g/mol. The fourth-order valence-electron chi connectivity index (χ4n) is 1.18. The Morgan fingerprint density at radius 3 is 2.35 bits per heavy atom. The summed E-state index contributed by atoms with van der Waals surface area (Å²) in [5, 5.41) is 0.680. The minimum atomic E-state index is -0.0207. The highest BCUT2D eigenvalue weighted by atomic mass is 35.5. The van der Waals surface area contributed by atoms with Crippen LogP contribution in [0, 0.1) is 0 Å². The number of hydrogen-bond donors (Lipinski definition) is 1. The number of amides is 1. The van der Waals surface area contributed by atoms with E-state index in [1.54, 1.807) is 26.2 Å². The topological polar surface area (TPSA) is 55.6 Å². The van der Waals surface area contributed by atoms with Crippen LogP contribution >= 0.6 is 23.2 Å². The Morgan fingerprint density at radius 1 is 1.35 bits per heavy atom. The molecule has 0 heterocycles. The molecule has 0 radical (unpaired) electrons. The molecule has 4 nitrogen and oxygen atoms in total. The van der Waals surface area contributed by atoms with E-state index in [1.165, 1.54) is 4.90 Å². The van der Waals surface area contributed by atoms with Crippen molar-refractivity contribution in [2.45, 2.75) is 6.42 Å². The van der Waals surface area contributed by atoms with Gasteiger partial charge in [0.15, 0.2) is 5.75 Å². The Balaban J connectivity index is 2.61. The average molecular weight is 277 g/mol. The summed E-state index contributed by atoms with van der Waals surface area (Å²) in [6.07, 6.45) is 0.268. The Morgan fingerprint density at radius 2 is 1.88 bits per heavy atom. The number of nitrogens with two attached hydrogens (primary N) is 1. The number of anilines is 1. The Kier molecular flexibility index (Phi) is 4.90. The Labute approximate surface area is 110 Å². The van der Waals surface area contributed by atoms with E-state index in [2.05, 4.69) is 0 Å². The number of hydrogen-bond acceptors (Lipinski definition) is 3. The van der Waals surface area contributed by atoms with Crippen LogP contribution in [0.25, 0.3) is 0 Å². The zero-order chi connectivity index (χ0) is 13.0. The molecule has 1 aromatic rings. The smallest absolute Gasteiger partial charge is 0.225 e. The summed E-state index contributed by atoms with van der Waals surface area (Å²) < 4.78 is 5.38. The van der Waals surface area contributed by atoms with Gasteiger partial charge in [-0.2, -0.15) is 0 Å². The largest absolute Gasteiger partial charge is 0.490 e. The summed E-state index contributed by atoms with van der Waals surface area (Å²) in [4.78, 5) is 12.8. The molecule has 0 saturated heterocycles.